The number of nitrogens with zero attached hydrogens (tertiary/aromatic N) is 1. The number of imidazole rings is 2. The van der Waals surface area contributed by atoms with E-state index < -0.39 is 5.91 Å². The number of hydrogen-bond acceptors (Lipinski definition) is 4. The first-order chi connectivity index (χ1) is 11.5. The van der Waals surface area contributed by atoms with Gasteiger partial charge in [0, 0.05) is 15.5 Å². The lowest BCUT2D eigenvalue weighted by Crippen LogP contribution is -2.10. The Morgan fingerprint density at radius 1 is 1.12 bits per heavy atom. The molecule has 0 atom stereocenters. The van der Waals surface area contributed by atoms with E-state index in [-0.39, 0.29) is 5.69 Å². The third-order valence-corrected chi connectivity index (χ3v) is 4.67. The molecule has 0 aliphatic rings. The first-order valence-corrected chi connectivity index (χ1v) is 8.08. The van der Waals surface area contributed by atoms with E-state index in [4.69, 9.17) is 17.3 Å². The molecule has 0 saturated carbocycles. The third-order valence-electron chi connectivity index (χ3n) is 3.50. The lowest BCUT2D eigenvalue weighted by molar-refractivity contribution is 0.1000. The summed E-state index contributed by atoms with van der Waals surface area (Å²) in [6.45, 7) is 0. The molecule has 0 saturated heterocycles. The summed E-state index contributed by atoms with van der Waals surface area (Å²) in [4.78, 5) is 36.7. The largest absolute Gasteiger partial charge is 0.366 e. The summed E-state index contributed by atoms with van der Waals surface area (Å²) in [6.07, 6.45) is 0. The number of nitrogens with two attached hydrogens (primary N) is 1. The number of rotatable bonds is 3. The maximum Gasteiger partial charge on any atom is 0.323 e. The van der Waals surface area contributed by atoms with Crippen LogP contribution in [0.4, 0.5) is 0 Å². The molecule has 5 N–H and O–H groups in total. The second-order valence-corrected chi connectivity index (χ2v) is 6.61. The van der Waals surface area contributed by atoms with E-state index in [0.717, 1.165) is 11.0 Å². The fourth-order valence-corrected chi connectivity index (χ4v) is 3.58. The molecule has 120 valence electrons. The van der Waals surface area contributed by atoms with Gasteiger partial charge in [-0.2, -0.15) is 0 Å². The van der Waals surface area contributed by atoms with Crippen LogP contribution in [0.25, 0.3) is 22.1 Å². The number of aromatic nitrogens is 4. The van der Waals surface area contributed by atoms with E-state index in [1.54, 1.807) is 18.2 Å². The van der Waals surface area contributed by atoms with Crippen LogP contribution < -0.4 is 11.4 Å². The zero-order valence-corrected chi connectivity index (χ0v) is 13.6. The zero-order valence-electron chi connectivity index (χ0n) is 12.0. The summed E-state index contributed by atoms with van der Waals surface area (Å²) >= 11 is 7.26. The molecule has 2 aromatic carbocycles. The highest BCUT2D eigenvalue weighted by atomic mass is 35.5. The number of H-pyrrole nitrogens is 3. The van der Waals surface area contributed by atoms with Crippen molar-refractivity contribution in [3.05, 3.63) is 51.4 Å². The summed E-state index contributed by atoms with van der Waals surface area (Å²) in [7, 11) is 0. The van der Waals surface area contributed by atoms with Crippen LogP contribution in [-0.4, -0.2) is 25.8 Å². The van der Waals surface area contributed by atoms with Crippen molar-refractivity contribution in [2.45, 2.75) is 10.1 Å². The lowest BCUT2D eigenvalue weighted by atomic mass is 10.2. The average molecular weight is 360 g/mol. The molecule has 9 heteroatoms. The molecule has 0 unspecified atom stereocenters. The molecule has 0 aliphatic heterocycles. The number of aromatic amines is 3. The maximum absolute atomic E-state index is 11.6. The molecule has 4 rings (SSSR count). The van der Waals surface area contributed by atoms with Gasteiger partial charge in [0.05, 0.1) is 22.1 Å². The monoisotopic (exact) mass is 359 g/mol. The number of primary amides is 1. The van der Waals surface area contributed by atoms with Crippen molar-refractivity contribution < 1.29 is 4.79 Å². The number of amides is 1. The molecular weight excluding hydrogens is 350 g/mol. The second-order valence-electron chi connectivity index (χ2n) is 5.15. The Hall–Kier alpha value is -2.71. The molecule has 0 radical (unpaired) electrons. The molecule has 0 spiro atoms. The number of carbonyl (C=O) groups excluding carboxylic acids is 1. The van der Waals surface area contributed by atoms with Crippen LogP contribution in [0.1, 0.15) is 10.4 Å². The predicted molar refractivity (Wildman–Crippen MR) is 92.7 cm³/mol. The summed E-state index contributed by atoms with van der Waals surface area (Å²) < 4.78 is 0. The number of halogens is 1. The number of nitrogens with one attached hydrogen (secondary N) is 3. The van der Waals surface area contributed by atoms with Crippen LogP contribution in [0.2, 0.25) is 5.02 Å². The standard InChI is InChI=1S/C15H10ClN5O2S/c16-7-1-2-8-9(5-7)20-15(19-8)24-11-4-6(13(17)22)3-10-12(11)21-14(23)18-10/h1-5H,(H2,17,22)(H,19,20)(H2,18,21,23). The van der Waals surface area contributed by atoms with E-state index in [9.17, 15) is 9.59 Å². The molecule has 2 aromatic heterocycles. The summed E-state index contributed by atoms with van der Waals surface area (Å²) in [5, 5.41) is 1.22. The molecule has 24 heavy (non-hydrogen) atoms. The van der Waals surface area contributed by atoms with Crippen LogP contribution in [0.3, 0.4) is 0 Å². The first kappa shape index (κ1) is 14.9. The Bertz CT molecular complexity index is 1160. The minimum absolute atomic E-state index is 0.305. The van der Waals surface area contributed by atoms with Crippen molar-refractivity contribution in [2.24, 2.45) is 5.73 Å². The fourth-order valence-electron chi connectivity index (χ4n) is 2.44. The van der Waals surface area contributed by atoms with Gasteiger partial charge in [0.15, 0.2) is 5.16 Å². The summed E-state index contributed by atoms with van der Waals surface area (Å²) in [5.41, 5.74) is 7.99. The predicted octanol–water partition coefficient (Wildman–Crippen LogP) is 2.64. The minimum atomic E-state index is -0.572. The topological polar surface area (TPSA) is 120 Å². The Balaban J connectivity index is 1.85. The van der Waals surface area contributed by atoms with Gasteiger partial charge in [0.25, 0.3) is 0 Å². The van der Waals surface area contributed by atoms with Crippen LogP contribution in [-0.2, 0) is 0 Å². The van der Waals surface area contributed by atoms with Crippen molar-refractivity contribution >= 4 is 51.3 Å². The first-order valence-electron chi connectivity index (χ1n) is 6.88. The minimum Gasteiger partial charge on any atom is -0.366 e. The lowest BCUT2D eigenvalue weighted by Gasteiger charge is -2.03. The molecular formula is C15H10ClN5O2S. The molecule has 4 aromatic rings. The van der Waals surface area contributed by atoms with Crippen LogP contribution in [0.5, 0.6) is 0 Å². The van der Waals surface area contributed by atoms with E-state index >= 15 is 0 Å². The summed E-state index contributed by atoms with van der Waals surface area (Å²) in [5.74, 6) is -0.572. The Morgan fingerprint density at radius 2 is 1.96 bits per heavy atom. The second kappa shape index (κ2) is 5.43. The van der Waals surface area contributed by atoms with Crippen molar-refractivity contribution in [3.8, 4) is 0 Å². The SMILES string of the molecule is NC(=O)c1cc(Sc2nc3ccc(Cl)cc3[nH]2)c2[nH]c(=O)[nH]c2c1. The fraction of sp³-hybridized carbons (Fsp3) is 0. The van der Waals surface area contributed by atoms with Gasteiger partial charge in [0.2, 0.25) is 5.91 Å². The molecule has 0 bridgehead atoms. The zero-order chi connectivity index (χ0) is 16.8. The van der Waals surface area contributed by atoms with Gasteiger partial charge < -0.3 is 20.7 Å². The van der Waals surface area contributed by atoms with Gasteiger partial charge in [-0.3, -0.25) is 4.79 Å². The molecule has 2 heterocycles. The van der Waals surface area contributed by atoms with Crippen molar-refractivity contribution in [1.82, 2.24) is 19.9 Å². The summed E-state index contributed by atoms with van der Waals surface area (Å²) in [6, 6.07) is 8.51. The number of benzene rings is 2. The molecule has 0 fully saturated rings. The highest BCUT2D eigenvalue weighted by molar-refractivity contribution is 7.99. The van der Waals surface area contributed by atoms with Gasteiger partial charge in [-0.25, -0.2) is 9.78 Å². The van der Waals surface area contributed by atoms with Gasteiger partial charge in [-0.05, 0) is 42.1 Å². The number of fused-ring (bicyclic) bond motifs is 2. The van der Waals surface area contributed by atoms with E-state index in [2.05, 4.69) is 19.9 Å². The average Bonchev–Trinajstić information content (AvgIpc) is 3.08. The normalized spacial score (nSPS) is 11.4. The molecule has 1 amide bonds. The number of carbonyl (C=O) groups is 1. The Labute approximate surface area is 143 Å². The molecule has 0 aliphatic carbocycles. The smallest absolute Gasteiger partial charge is 0.323 e. The van der Waals surface area contributed by atoms with Crippen molar-refractivity contribution in [2.75, 3.05) is 0 Å². The third kappa shape index (κ3) is 2.55. The van der Waals surface area contributed by atoms with Crippen LogP contribution in [0, 0.1) is 0 Å². The van der Waals surface area contributed by atoms with E-state index in [0.29, 0.717) is 31.7 Å². The highest BCUT2D eigenvalue weighted by Gasteiger charge is 2.13. The highest BCUT2D eigenvalue weighted by Crippen LogP contribution is 2.32. The van der Waals surface area contributed by atoms with E-state index in [1.807, 2.05) is 6.07 Å². The Morgan fingerprint density at radius 3 is 2.75 bits per heavy atom. The van der Waals surface area contributed by atoms with E-state index in [1.165, 1.54) is 17.8 Å². The quantitative estimate of drug-likeness (QED) is 0.449. The maximum atomic E-state index is 11.6. The van der Waals surface area contributed by atoms with Gasteiger partial charge >= 0.3 is 5.69 Å². The van der Waals surface area contributed by atoms with Crippen LogP contribution >= 0.6 is 23.4 Å². The van der Waals surface area contributed by atoms with Gasteiger partial charge in [-0.1, -0.05) is 11.6 Å². The Kier molecular flexibility index (Phi) is 3.36. The van der Waals surface area contributed by atoms with Crippen LogP contribution in [0.15, 0.2) is 45.2 Å². The van der Waals surface area contributed by atoms with Crippen molar-refractivity contribution in [1.29, 1.82) is 0 Å². The number of hydrogen-bond donors (Lipinski definition) is 4. The van der Waals surface area contributed by atoms with Gasteiger partial charge in [-0.15, -0.1) is 0 Å². The van der Waals surface area contributed by atoms with Crippen molar-refractivity contribution in [3.63, 3.8) is 0 Å². The molecule has 7 nitrogen and oxygen atoms in total. The van der Waals surface area contributed by atoms with Gasteiger partial charge in [0.1, 0.15) is 0 Å².